The normalized spacial score (nSPS) is 19.8. The van der Waals surface area contributed by atoms with Crippen LogP contribution in [0.4, 0.5) is 4.79 Å². The van der Waals surface area contributed by atoms with Crippen molar-refractivity contribution in [2.75, 3.05) is 13.7 Å². The fourth-order valence-corrected chi connectivity index (χ4v) is 4.64. The second kappa shape index (κ2) is 10.7. The molecule has 192 valence electrons. The van der Waals surface area contributed by atoms with E-state index >= 15 is 0 Å². The van der Waals surface area contributed by atoms with Gasteiger partial charge in [0.25, 0.3) is 0 Å². The maximum atomic E-state index is 12.6. The first-order chi connectivity index (χ1) is 18.0. The molecule has 0 saturated carbocycles. The lowest BCUT2D eigenvalue weighted by Crippen LogP contribution is -2.28. The summed E-state index contributed by atoms with van der Waals surface area (Å²) in [7, 11) is 1.50. The number of hydrogen-bond acceptors (Lipinski definition) is 8. The third-order valence-corrected chi connectivity index (χ3v) is 6.53. The van der Waals surface area contributed by atoms with Gasteiger partial charge in [-0.05, 0) is 37.3 Å². The Kier molecular flexibility index (Phi) is 7.07. The molecule has 2 aliphatic heterocycles. The molecule has 1 fully saturated rings. The summed E-state index contributed by atoms with van der Waals surface area (Å²) in [5, 5.41) is 0. The molecular weight excluding hydrogens is 476 g/mol. The van der Waals surface area contributed by atoms with Gasteiger partial charge >= 0.3 is 6.09 Å². The smallest absolute Gasteiger partial charge is 0.417 e. The summed E-state index contributed by atoms with van der Waals surface area (Å²) in [5.74, 6) is 0.109. The number of rotatable bonds is 9. The van der Waals surface area contributed by atoms with Crippen molar-refractivity contribution >= 4 is 23.0 Å². The standard InChI is InChI=1S/C27H28N4O6/c1-34-23-13-29-22-9-5-8-20(25(22)30-23)21(26(28)32)11-10-18-14-31(27(33)37-18)24-16-35-15-19(36-24)12-17-6-3-2-4-7-17/h2-3,5-6,8-9,13,15-16,18,21H,4,7,10-12,14H2,1H3,(H2,28,32). The molecule has 10 heteroatoms. The predicted octanol–water partition coefficient (Wildman–Crippen LogP) is 4.16. The molecule has 37 heavy (non-hydrogen) atoms. The molecule has 2 atom stereocenters. The van der Waals surface area contributed by atoms with E-state index in [0.29, 0.717) is 47.5 Å². The molecule has 1 aromatic carbocycles. The number of primary amides is 1. The van der Waals surface area contributed by atoms with Gasteiger partial charge in [0.2, 0.25) is 17.7 Å². The number of aromatic nitrogens is 2. The van der Waals surface area contributed by atoms with Gasteiger partial charge in [-0.3, -0.25) is 4.79 Å². The average molecular weight is 505 g/mol. The second-order valence-corrected chi connectivity index (χ2v) is 9.02. The number of carbonyl (C=O) groups is 2. The zero-order valence-electron chi connectivity index (χ0n) is 20.5. The first kappa shape index (κ1) is 24.4. The van der Waals surface area contributed by atoms with Gasteiger partial charge in [-0.1, -0.05) is 35.9 Å². The highest BCUT2D eigenvalue weighted by Gasteiger charge is 2.37. The van der Waals surface area contributed by atoms with Gasteiger partial charge in [0, 0.05) is 6.42 Å². The van der Waals surface area contributed by atoms with Crippen molar-refractivity contribution in [2.24, 2.45) is 5.73 Å². The highest BCUT2D eigenvalue weighted by molar-refractivity contribution is 5.88. The lowest BCUT2D eigenvalue weighted by Gasteiger charge is -2.22. The number of carbonyl (C=O) groups excluding carboxylic acids is 2. The maximum absolute atomic E-state index is 12.6. The Labute approximate surface area is 214 Å². The SMILES string of the molecule is COc1cnc2cccc(C(CCC3CN(C4=COC=C(CC5=CC=CCC5)O4)C(=O)O3)C(N)=O)c2n1. The minimum Gasteiger partial charge on any atom is -0.480 e. The molecule has 0 radical (unpaired) electrons. The molecule has 5 rings (SSSR count). The molecule has 3 heterocycles. The van der Waals surface area contributed by atoms with Crippen molar-refractivity contribution in [3.63, 3.8) is 0 Å². The van der Waals surface area contributed by atoms with E-state index in [-0.39, 0.29) is 12.4 Å². The molecule has 2 unspecified atom stereocenters. The zero-order valence-corrected chi connectivity index (χ0v) is 20.5. The minimum atomic E-state index is -0.640. The summed E-state index contributed by atoms with van der Waals surface area (Å²) in [6.45, 7) is 0.265. The number of benzene rings is 1. The molecule has 1 aliphatic carbocycles. The molecule has 1 saturated heterocycles. The Balaban J connectivity index is 1.24. The van der Waals surface area contributed by atoms with Gasteiger partial charge in [-0.15, -0.1) is 0 Å². The van der Waals surface area contributed by atoms with Crippen LogP contribution in [0, 0.1) is 0 Å². The molecule has 0 spiro atoms. The van der Waals surface area contributed by atoms with Gasteiger partial charge in [0.15, 0.2) is 6.26 Å². The monoisotopic (exact) mass is 504 g/mol. The molecule has 2 aromatic rings. The Hall–Kier alpha value is -4.34. The van der Waals surface area contributed by atoms with E-state index in [1.54, 1.807) is 6.26 Å². The average Bonchev–Trinajstić information content (AvgIpc) is 3.29. The van der Waals surface area contributed by atoms with Crippen molar-refractivity contribution < 1.29 is 28.5 Å². The molecular formula is C27H28N4O6. The molecule has 3 aliphatic rings. The highest BCUT2D eigenvalue weighted by Crippen LogP contribution is 2.32. The molecule has 0 bridgehead atoms. The number of allylic oxidation sites excluding steroid dienone is 4. The van der Waals surface area contributed by atoms with Gasteiger partial charge in [0.1, 0.15) is 18.1 Å². The number of fused-ring (bicyclic) bond motifs is 1. The van der Waals surface area contributed by atoms with Crippen LogP contribution in [0.5, 0.6) is 5.88 Å². The fraction of sp³-hybridized carbons (Fsp3) is 0.333. The van der Waals surface area contributed by atoms with Crippen molar-refractivity contribution in [1.82, 2.24) is 14.9 Å². The fourth-order valence-electron chi connectivity index (χ4n) is 4.64. The van der Waals surface area contributed by atoms with Gasteiger partial charge in [0.05, 0.1) is 36.8 Å². The number of hydrogen-bond donors (Lipinski definition) is 1. The largest absolute Gasteiger partial charge is 0.480 e. The number of nitrogens with two attached hydrogens (primary N) is 1. The van der Waals surface area contributed by atoms with Gasteiger partial charge in [-0.25, -0.2) is 19.7 Å². The van der Waals surface area contributed by atoms with Crippen LogP contribution in [-0.2, 0) is 19.0 Å². The minimum absolute atomic E-state index is 0.265. The lowest BCUT2D eigenvalue weighted by atomic mass is 9.91. The molecule has 10 nitrogen and oxygen atoms in total. The molecule has 2 N–H and O–H groups in total. The van der Waals surface area contributed by atoms with Crippen LogP contribution in [-0.4, -0.2) is 46.6 Å². The van der Waals surface area contributed by atoms with Crippen molar-refractivity contribution in [3.05, 3.63) is 77.9 Å². The maximum Gasteiger partial charge on any atom is 0.417 e. The van der Waals surface area contributed by atoms with Crippen LogP contribution >= 0.6 is 0 Å². The van der Waals surface area contributed by atoms with Crippen LogP contribution in [0.15, 0.2) is 72.4 Å². The zero-order chi connectivity index (χ0) is 25.8. The van der Waals surface area contributed by atoms with E-state index < -0.39 is 24.0 Å². The van der Waals surface area contributed by atoms with Crippen LogP contribution in [0.2, 0.25) is 0 Å². The quantitative estimate of drug-likeness (QED) is 0.539. The first-order valence-electron chi connectivity index (χ1n) is 12.2. The number of ether oxygens (including phenoxy) is 4. The Bertz CT molecular complexity index is 1330. The number of methoxy groups -OCH3 is 1. The molecule has 2 amide bonds. The van der Waals surface area contributed by atoms with Crippen LogP contribution in [0.1, 0.15) is 43.6 Å². The van der Waals surface area contributed by atoms with E-state index in [9.17, 15) is 9.59 Å². The third-order valence-electron chi connectivity index (χ3n) is 6.53. The summed E-state index contributed by atoms with van der Waals surface area (Å²) in [4.78, 5) is 35.3. The first-order valence-corrected chi connectivity index (χ1v) is 12.2. The number of para-hydroxylation sites is 1. The lowest BCUT2D eigenvalue weighted by molar-refractivity contribution is -0.119. The van der Waals surface area contributed by atoms with Crippen LogP contribution in [0.3, 0.4) is 0 Å². The van der Waals surface area contributed by atoms with Gasteiger partial charge < -0.3 is 24.7 Å². The Morgan fingerprint density at radius 2 is 2.22 bits per heavy atom. The third kappa shape index (κ3) is 5.42. The number of amides is 2. The van der Waals surface area contributed by atoms with E-state index in [1.165, 1.54) is 30.0 Å². The predicted molar refractivity (Wildman–Crippen MR) is 134 cm³/mol. The van der Waals surface area contributed by atoms with E-state index in [2.05, 4.69) is 22.1 Å². The number of nitrogens with zero attached hydrogens (tertiary/aromatic N) is 3. The Morgan fingerprint density at radius 1 is 1.32 bits per heavy atom. The summed E-state index contributed by atoms with van der Waals surface area (Å²) < 4.78 is 22.2. The molecule has 1 aromatic heterocycles. The van der Waals surface area contributed by atoms with Crippen molar-refractivity contribution in [1.29, 1.82) is 0 Å². The van der Waals surface area contributed by atoms with Gasteiger partial charge in [-0.2, -0.15) is 0 Å². The summed E-state index contributed by atoms with van der Waals surface area (Å²) in [6.07, 6.45) is 13.0. The topological polar surface area (TPSA) is 126 Å². The highest BCUT2D eigenvalue weighted by atomic mass is 16.6. The summed E-state index contributed by atoms with van der Waals surface area (Å²) in [5.41, 5.74) is 8.86. The Morgan fingerprint density at radius 3 is 3.00 bits per heavy atom. The van der Waals surface area contributed by atoms with E-state index in [4.69, 9.17) is 24.7 Å². The van der Waals surface area contributed by atoms with E-state index in [1.807, 2.05) is 24.3 Å². The van der Waals surface area contributed by atoms with E-state index in [0.717, 1.165) is 12.8 Å². The van der Waals surface area contributed by atoms with Crippen LogP contribution in [0.25, 0.3) is 11.0 Å². The van der Waals surface area contributed by atoms with Crippen molar-refractivity contribution in [3.8, 4) is 5.88 Å². The van der Waals surface area contributed by atoms with Crippen molar-refractivity contribution in [2.45, 2.75) is 44.1 Å². The second-order valence-electron chi connectivity index (χ2n) is 9.02. The summed E-state index contributed by atoms with van der Waals surface area (Å²) in [6, 6.07) is 5.43. The summed E-state index contributed by atoms with van der Waals surface area (Å²) >= 11 is 0. The number of cyclic esters (lactones) is 1. The van der Waals surface area contributed by atoms with Crippen LogP contribution < -0.4 is 10.5 Å².